The van der Waals surface area contributed by atoms with E-state index in [0.29, 0.717) is 4.60 Å². The first-order valence-electron chi connectivity index (χ1n) is 5.52. The van der Waals surface area contributed by atoms with Crippen molar-refractivity contribution in [3.8, 4) is 11.4 Å². The standard InChI is InChI=1S/C13H11BrF2N2/c1-3-8-7(2)17-13(18-12(8)14)11-9(15)5-4-6-10(11)16/h4-6H,3H2,1-2H3. The van der Waals surface area contributed by atoms with Gasteiger partial charge in [-0.3, -0.25) is 0 Å². The molecule has 2 nitrogen and oxygen atoms in total. The molecule has 2 rings (SSSR count). The van der Waals surface area contributed by atoms with Gasteiger partial charge in [0, 0.05) is 11.3 Å². The molecule has 18 heavy (non-hydrogen) atoms. The van der Waals surface area contributed by atoms with Gasteiger partial charge in [-0.25, -0.2) is 18.7 Å². The van der Waals surface area contributed by atoms with E-state index in [9.17, 15) is 8.78 Å². The highest BCUT2D eigenvalue weighted by molar-refractivity contribution is 9.10. The molecule has 0 unspecified atom stereocenters. The summed E-state index contributed by atoms with van der Waals surface area (Å²) in [6, 6.07) is 3.70. The van der Waals surface area contributed by atoms with Crippen molar-refractivity contribution >= 4 is 15.9 Å². The van der Waals surface area contributed by atoms with Crippen LogP contribution in [0.25, 0.3) is 11.4 Å². The Bertz CT molecular complexity index is 556. The van der Waals surface area contributed by atoms with E-state index in [1.807, 2.05) is 6.92 Å². The largest absolute Gasteiger partial charge is 0.233 e. The van der Waals surface area contributed by atoms with Crippen LogP contribution in [0.2, 0.25) is 0 Å². The maximum Gasteiger partial charge on any atom is 0.166 e. The lowest BCUT2D eigenvalue weighted by Gasteiger charge is -2.09. The Morgan fingerprint density at radius 2 is 1.78 bits per heavy atom. The van der Waals surface area contributed by atoms with Crippen molar-refractivity contribution < 1.29 is 8.78 Å². The van der Waals surface area contributed by atoms with Crippen molar-refractivity contribution in [2.45, 2.75) is 20.3 Å². The first kappa shape index (κ1) is 13.1. The number of halogens is 3. The van der Waals surface area contributed by atoms with Gasteiger partial charge in [0.1, 0.15) is 16.2 Å². The van der Waals surface area contributed by atoms with Gasteiger partial charge in [-0.15, -0.1) is 0 Å². The number of hydrogen-bond acceptors (Lipinski definition) is 2. The summed E-state index contributed by atoms with van der Waals surface area (Å²) >= 11 is 3.31. The lowest BCUT2D eigenvalue weighted by atomic mass is 10.1. The molecule has 0 aliphatic rings. The molecule has 0 saturated heterocycles. The summed E-state index contributed by atoms with van der Waals surface area (Å²) in [7, 11) is 0. The second-order valence-corrected chi connectivity index (χ2v) is 4.60. The molecule has 0 amide bonds. The zero-order valence-corrected chi connectivity index (χ0v) is 11.6. The Labute approximate surface area is 112 Å². The zero-order chi connectivity index (χ0) is 13.3. The van der Waals surface area contributed by atoms with E-state index in [1.165, 1.54) is 18.2 Å². The quantitative estimate of drug-likeness (QED) is 0.782. The van der Waals surface area contributed by atoms with E-state index in [4.69, 9.17) is 0 Å². The second kappa shape index (κ2) is 5.10. The Balaban J connectivity index is 2.66. The molecule has 5 heteroatoms. The maximum atomic E-state index is 13.6. The smallest absolute Gasteiger partial charge is 0.166 e. The number of hydrogen-bond donors (Lipinski definition) is 0. The molecule has 0 fully saturated rings. The minimum Gasteiger partial charge on any atom is -0.233 e. The summed E-state index contributed by atoms with van der Waals surface area (Å²) in [5.74, 6) is -1.26. The Morgan fingerprint density at radius 3 is 2.28 bits per heavy atom. The van der Waals surface area contributed by atoms with Crippen molar-refractivity contribution in [1.82, 2.24) is 9.97 Å². The van der Waals surface area contributed by atoms with Gasteiger partial charge in [-0.2, -0.15) is 0 Å². The van der Waals surface area contributed by atoms with E-state index in [2.05, 4.69) is 25.9 Å². The predicted molar refractivity (Wildman–Crippen MR) is 69.2 cm³/mol. The number of nitrogens with zero attached hydrogens (tertiary/aromatic N) is 2. The van der Waals surface area contributed by atoms with Crippen molar-refractivity contribution in [2.24, 2.45) is 0 Å². The summed E-state index contributed by atoms with van der Waals surface area (Å²) in [5.41, 5.74) is 1.47. The Kier molecular flexibility index (Phi) is 3.71. The average Bonchev–Trinajstić information content (AvgIpc) is 2.28. The maximum absolute atomic E-state index is 13.6. The van der Waals surface area contributed by atoms with Gasteiger partial charge in [-0.05, 0) is 41.4 Å². The van der Waals surface area contributed by atoms with Crippen molar-refractivity contribution in [3.05, 3.63) is 45.7 Å². The third-order valence-electron chi connectivity index (χ3n) is 2.70. The van der Waals surface area contributed by atoms with Gasteiger partial charge >= 0.3 is 0 Å². The molecule has 0 radical (unpaired) electrons. The summed E-state index contributed by atoms with van der Waals surface area (Å²) in [6.07, 6.45) is 0.756. The highest BCUT2D eigenvalue weighted by Crippen LogP contribution is 2.26. The molecule has 0 bridgehead atoms. The van der Waals surface area contributed by atoms with Crippen LogP contribution in [-0.2, 0) is 6.42 Å². The van der Waals surface area contributed by atoms with E-state index in [1.54, 1.807) is 6.92 Å². The normalized spacial score (nSPS) is 10.7. The van der Waals surface area contributed by atoms with Gasteiger partial charge in [0.05, 0.1) is 5.56 Å². The van der Waals surface area contributed by atoms with Crippen LogP contribution in [0.15, 0.2) is 22.8 Å². The van der Waals surface area contributed by atoms with Crippen LogP contribution in [0.1, 0.15) is 18.2 Å². The van der Waals surface area contributed by atoms with Crippen molar-refractivity contribution in [2.75, 3.05) is 0 Å². The third-order valence-corrected chi connectivity index (χ3v) is 3.36. The van der Waals surface area contributed by atoms with Gasteiger partial charge in [0.15, 0.2) is 5.82 Å². The number of aromatic nitrogens is 2. The number of rotatable bonds is 2. The van der Waals surface area contributed by atoms with E-state index < -0.39 is 11.6 Å². The molecular weight excluding hydrogens is 302 g/mol. The molecule has 0 saturated carbocycles. The average molecular weight is 313 g/mol. The fourth-order valence-electron chi connectivity index (χ4n) is 1.79. The first-order valence-corrected chi connectivity index (χ1v) is 6.31. The Hall–Kier alpha value is -1.36. The third kappa shape index (κ3) is 2.27. The zero-order valence-electron chi connectivity index (χ0n) is 9.97. The van der Waals surface area contributed by atoms with E-state index in [0.717, 1.165) is 17.7 Å². The summed E-state index contributed by atoms with van der Waals surface area (Å²) in [5, 5.41) is 0. The van der Waals surface area contributed by atoms with Gasteiger partial charge in [0.2, 0.25) is 0 Å². The lowest BCUT2D eigenvalue weighted by molar-refractivity contribution is 0.587. The predicted octanol–water partition coefficient (Wildman–Crippen LogP) is 4.06. The van der Waals surface area contributed by atoms with E-state index in [-0.39, 0.29) is 11.4 Å². The first-order chi connectivity index (χ1) is 8.54. The minimum absolute atomic E-state index is 0.0622. The lowest BCUT2D eigenvalue weighted by Crippen LogP contribution is -2.02. The molecule has 2 aromatic rings. The topological polar surface area (TPSA) is 25.8 Å². The molecule has 1 heterocycles. The molecule has 0 N–H and O–H groups in total. The fraction of sp³-hybridized carbons (Fsp3) is 0.231. The number of aryl methyl sites for hydroxylation is 1. The fourth-order valence-corrected chi connectivity index (χ4v) is 2.52. The van der Waals surface area contributed by atoms with Gasteiger partial charge in [0.25, 0.3) is 0 Å². The molecule has 1 aromatic carbocycles. The summed E-state index contributed by atoms with van der Waals surface area (Å²) < 4.78 is 27.9. The van der Waals surface area contributed by atoms with Crippen LogP contribution in [0.5, 0.6) is 0 Å². The summed E-state index contributed by atoms with van der Waals surface area (Å²) in [6.45, 7) is 3.77. The monoisotopic (exact) mass is 312 g/mol. The van der Waals surface area contributed by atoms with Crippen LogP contribution in [0, 0.1) is 18.6 Å². The van der Waals surface area contributed by atoms with Crippen LogP contribution in [0.3, 0.4) is 0 Å². The van der Waals surface area contributed by atoms with E-state index >= 15 is 0 Å². The molecule has 0 spiro atoms. The van der Waals surface area contributed by atoms with Crippen LogP contribution < -0.4 is 0 Å². The molecule has 0 aliphatic heterocycles. The van der Waals surface area contributed by atoms with Crippen LogP contribution in [0.4, 0.5) is 8.78 Å². The van der Waals surface area contributed by atoms with Gasteiger partial charge in [-0.1, -0.05) is 13.0 Å². The molecular formula is C13H11BrF2N2. The van der Waals surface area contributed by atoms with Crippen LogP contribution >= 0.6 is 15.9 Å². The van der Waals surface area contributed by atoms with Crippen LogP contribution in [-0.4, -0.2) is 9.97 Å². The van der Waals surface area contributed by atoms with Gasteiger partial charge < -0.3 is 0 Å². The summed E-state index contributed by atoms with van der Waals surface area (Å²) in [4.78, 5) is 8.30. The molecule has 1 aromatic heterocycles. The Morgan fingerprint density at radius 1 is 1.17 bits per heavy atom. The van der Waals surface area contributed by atoms with Crippen molar-refractivity contribution in [3.63, 3.8) is 0 Å². The van der Waals surface area contributed by atoms with Crippen molar-refractivity contribution in [1.29, 1.82) is 0 Å². The molecule has 0 aliphatic carbocycles. The SMILES string of the molecule is CCc1c(C)nc(-c2c(F)cccc2F)nc1Br. The molecule has 94 valence electrons. The highest BCUT2D eigenvalue weighted by Gasteiger charge is 2.16. The highest BCUT2D eigenvalue weighted by atomic mass is 79.9. The number of benzene rings is 1. The minimum atomic E-state index is -0.662. The second-order valence-electron chi connectivity index (χ2n) is 3.85. The molecule has 0 atom stereocenters.